The van der Waals surface area contributed by atoms with Crippen LogP contribution >= 0.6 is 17.0 Å². The Hall–Kier alpha value is -1.96. The van der Waals surface area contributed by atoms with E-state index < -0.39 is 21.5 Å². The van der Waals surface area contributed by atoms with Gasteiger partial charge in [0.05, 0.1) is 0 Å². The topological polar surface area (TPSA) is 0 Å². The third-order valence-corrected chi connectivity index (χ3v) is 66.4. The summed E-state index contributed by atoms with van der Waals surface area (Å²) in [6, 6.07) is 33.0. The molecule has 0 heterocycles. The number of allylic oxidation sites excluding steroid dienone is 2. The molecule has 4 heteroatoms. The van der Waals surface area contributed by atoms with Gasteiger partial charge in [0.1, 0.15) is 0 Å². The van der Waals surface area contributed by atoms with Gasteiger partial charge in [0.2, 0.25) is 0 Å². The molecule has 0 nitrogen and oxygen atoms in total. The minimum atomic E-state index is -4.89. The zero-order valence-corrected chi connectivity index (χ0v) is 38.9. The molecular weight excluding hydrogens is 791 g/mol. The van der Waals surface area contributed by atoms with Crippen LogP contribution in [0, 0.1) is 11.8 Å². The van der Waals surface area contributed by atoms with Crippen molar-refractivity contribution in [2.75, 3.05) is 0 Å². The average molecular weight is 852 g/mol. The van der Waals surface area contributed by atoms with E-state index in [1.165, 1.54) is 119 Å². The number of halogens is 2. The number of hydrogen-bond donors (Lipinski definition) is 0. The minimum absolute atomic E-state index is 0.106. The number of rotatable bonds is 7. The molecule has 0 saturated heterocycles. The SMILES string of the molecule is CC1=Cc2c(-c3ccc(C4CCCCC4)cc3)cccc2[CH]1[Zr]([Cl])([Cl])([CH]1C(C2CCC(C)CC2)=Cc2c(-c3ccc(C(C)(C)C)cc3)cccc21)[SiH](C)C. The van der Waals surface area contributed by atoms with E-state index >= 15 is 0 Å². The summed E-state index contributed by atoms with van der Waals surface area (Å²) < 4.78 is 0.232. The van der Waals surface area contributed by atoms with Crippen molar-refractivity contribution in [3.05, 3.63) is 129 Å². The van der Waals surface area contributed by atoms with Crippen LogP contribution in [0.25, 0.3) is 34.4 Å². The maximum atomic E-state index is 8.86. The van der Waals surface area contributed by atoms with Crippen molar-refractivity contribution >= 4 is 35.1 Å². The summed E-state index contributed by atoms with van der Waals surface area (Å²) in [5.74, 6) is 0.384. The predicted molar refractivity (Wildman–Crippen MR) is 237 cm³/mol. The maximum absolute atomic E-state index is 8.86. The predicted octanol–water partition coefficient (Wildman–Crippen LogP) is 15.8. The van der Waals surface area contributed by atoms with Gasteiger partial charge < -0.3 is 0 Å². The van der Waals surface area contributed by atoms with E-state index in [0.717, 1.165) is 5.92 Å². The quantitative estimate of drug-likeness (QED) is 0.163. The monoisotopic (exact) mass is 849 g/mol. The van der Waals surface area contributed by atoms with Crippen molar-refractivity contribution in [3.8, 4) is 22.3 Å². The Kier molecular flexibility index (Phi) is 10.6. The number of benzene rings is 4. The molecule has 4 aliphatic carbocycles. The summed E-state index contributed by atoms with van der Waals surface area (Å²) in [4.78, 5) is 0. The van der Waals surface area contributed by atoms with Crippen LogP contribution in [0.4, 0.5) is 0 Å². The van der Waals surface area contributed by atoms with Gasteiger partial charge in [-0.3, -0.25) is 0 Å². The second-order valence-electron chi connectivity index (χ2n) is 19.1. The normalized spacial score (nSPS) is 24.1. The van der Waals surface area contributed by atoms with Gasteiger partial charge in [0.15, 0.2) is 0 Å². The van der Waals surface area contributed by atoms with Crippen molar-refractivity contribution in [1.29, 1.82) is 0 Å². The molecule has 0 spiro atoms. The summed E-state index contributed by atoms with van der Waals surface area (Å²) in [5.41, 5.74) is 16.7. The van der Waals surface area contributed by atoms with E-state index in [-0.39, 0.29) is 12.7 Å². The molecule has 4 aromatic rings. The van der Waals surface area contributed by atoms with Crippen LogP contribution in [0.2, 0.25) is 13.1 Å². The second kappa shape index (κ2) is 14.8. The fourth-order valence-corrected chi connectivity index (χ4v) is 43.1. The molecule has 2 fully saturated rings. The molecule has 54 heavy (non-hydrogen) atoms. The van der Waals surface area contributed by atoms with Crippen LogP contribution in [-0.2, 0) is 21.0 Å². The molecule has 8 rings (SSSR count). The van der Waals surface area contributed by atoms with Crippen molar-refractivity contribution in [2.24, 2.45) is 11.8 Å². The van der Waals surface area contributed by atoms with Crippen molar-refractivity contribution in [2.45, 2.75) is 124 Å². The first-order chi connectivity index (χ1) is 25.7. The molecule has 0 aromatic heterocycles. The molecule has 0 radical (unpaired) electrons. The van der Waals surface area contributed by atoms with Gasteiger partial charge >= 0.3 is 338 Å². The molecule has 2 unspecified atom stereocenters. The number of hydrogen-bond acceptors (Lipinski definition) is 0. The Morgan fingerprint density at radius 2 is 1.15 bits per heavy atom. The van der Waals surface area contributed by atoms with E-state index in [1.54, 1.807) is 5.57 Å². The third kappa shape index (κ3) is 6.70. The van der Waals surface area contributed by atoms with E-state index in [1.807, 2.05) is 0 Å². The van der Waals surface area contributed by atoms with Crippen molar-refractivity contribution in [1.82, 2.24) is 0 Å². The summed E-state index contributed by atoms with van der Waals surface area (Å²) in [5, 5.41) is 0. The first-order valence-electron chi connectivity index (χ1n) is 21.2. The van der Waals surface area contributed by atoms with Gasteiger partial charge in [-0.05, 0) is 0 Å². The van der Waals surface area contributed by atoms with Crippen LogP contribution in [0.1, 0.15) is 139 Å². The summed E-state index contributed by atoms with van der Waals surface area (Å²) in [6.07, 6.45) is 16.9. The summed E-state index contributed by atoms with van der Waals surface area (Å²) in [7, 11) is 17.7. The third-order valence-electron chi connectivity index (χ3n) is 14.4. The summed E-state index contributed by atoms with van der Waals surface area (Å²) in [6.45, 7) is 16.7. The van der Waals surface area contributed by atoms with Gasteiger partial charge in [-0.1, -0.05) is 0 Å². The molecule has 0 bridgehead atoms. The molecule has 2 atom stereocenters. The van der Waals surface area contributed by atoms with Crippen molar-refractivity contribution < 1.29 is 15.6 Å². The summed E-state index contributed by atoms with van der Waals surface area (Å²) >= 11 is -4.89. The second-order valence-corrected chi connectivity index (χ2v) is 61.6. The molecular formula is C50H61Cl2SiZr. The van der Waals surface area contributed by atoms with E-state index in [4.69, 9.17) is 17.0 Å². The molecule has 4 aliphatic rings. The van der Waals surface area contributed by atoms with Crippen LogP contribution in [0.15, 0.2) is 96.1 Å². The Labute approximate surface area is 335 Å². The molecule has 0 amide bonds. The Morgan fingerprint density at radius 3 is 1.70 bits per heavy atom. The fourth-order valence-electron chi connectivity index (χ4n) is 11.1. The standard InChI is InChI=1S/C26H31.C22H23.C2H7Si.2ClH.Zr/c1-18-8-10-19(11-9-18)22-16-21-6-5-7-24(25(21)17-22)20-12-14-23(15-13-20)26(2,3)4;1-16-14-20-8-5-9-21(22(20)15-16)19-12-10-18(11-13-19)17-6-3-2-4-7-17;1-3-2;;;/h5-7,12-19H,8-11H2,1-4H3;5,8-15,17H,2-4,6-7H2,1H3;3H,1-2H3;2*1H;/q;;;;;+2/p-2. The molecule has 283 valence electrons. The van der Waals surface area contributed by atoms with E-state index in [9.17, 15) is 0 Å². The van der Waals surface area contributed by atoms with Crippen LogP contribution in [0.3, 0.4) is 0 Å². The van der Waals surface area contributed by atoms with Crippen LogP contribution < -0.4 is 0 Å². The average Bonchev–Trinajstić information content (AvgIpc) is 3.74. The van der Waals surface area contributed by atoms with E-state index in [0.29, 0.717) is 11.8 Å². The first kappa shape index (κ1) is 38.9. The Balaban J connectivity index is 1.25. The molecule has 2 saturated carbocycles. The van der Waals surface area contributed by atoms with Gasteiger partial charge in [0, 0.05) is 0 Å². The van der Waals surface area contributed by atoms with E-state index in [2.05, 4.69) is 145 Å². The zero-order valence-electron chi connectivity index (χ0n) is 33.8. The van der Waals surface area contributed by atoms with Gasteiger partial charge in [-0.15, -0.1) is 0 Å². The van der Waals surface area contributed by atoms with Crippen LogP contribution in [-0.4, -0.2) is 5.92 Å². The van der Waals surface area contributed by atoms with Gasteiger partial charge in [0.25, 0.3) is 0 Å². The Morgan fingerprint density at radius 1 is 0.611 bits per heavy atom. The van der Waals surface area contributed by atoms with Gasteiger partial charge in [-0.2, -0.15) is 0 Å². The van der Waals surface area contributed by atoms with Gasteiger partial charge in [-0.25, -0.2) is 0 Å². The Bertz CT molecular complexity index is 2080. The fraction of sp³-hybridized carbons (Fsp3) is 0.440. The van der Waals surface area contributed by atoms with Crippen molar-refractivity contribution in [3.63, 3.8) is 0 Å². The first-order valence-corrected chi connectivity index (χ1v) is 37.5. The van der Waals surface area contributed by atoms with Crippen LogP contribution in [0.5, 0.6) is 0 Å². The zero-order chi connectivity index (χ0) is 38.0. The molecule has 4 aromatic carbocycles. The molecule has 0 N–H and O–H groups in total. The molecule has 0 aliphatic heterocycles. The number of fused-ring (bicyclic) bond motifs is 2.